The number of hydrogen-bond acceptors (Lipinski definition) is 4. The summed E-state index contributed by atoms with van der Waals surface area (Å²) >= 11 is 13.7. The van der Waals surface area contributed by atoms with Crippen molar-refractivity contribution in [1.29, 1.82) is 0 Å². The van der Waals surface area contributed by atoms with Gasteiger partial charge in [0, 0.05) is 15.6 Å². The molecule has 2 rings (SSSR count). The summed E-state index contributed by atoms with van der Waals surface area (Å²) in [6.07, 6.45) is 0. The number of hydrogen-bond donors (Lipinski definition) is 0. The lowest BCUT2D eigenvalue weighted by Crippen LogP contribution is -2.34. The average molecular weight is 320 g/mol. The van der Waals surface area contributed by atoms with E-state index in [2.05, 4.69) is 4.74 Å². The molecule has 1 aromatic carbocycles. The van der Waals surface area contributed by atoms with Crippen molar-refractivity contribution in [3.05, 3.63) is 33.8 Å². The molecule has 4 nitrogen and oxygen atoms in total. The lowest BCUT2D eigenvalue weighted by atomic mass is 10.2. The normalized spacial score (nSPS) is 18.8. The standard InChI is InChI=1S/C12H11Cl2NO3S/c1-18-10(17)5-15-9(16)6-19-12(15)11-7(13)3-2-4-8(11)14/h2-4,12H,5-6H2,1H3. The van der Waals surface area contributed by atoms with Gasteiger partial charge in [0.05, 0.1) is 12.9 Å². The van der Waals surface area contributed by atoms with E-state index in [4.69, 9.17) is 23.2 Å². The minimum atomic E-state index is -0.468. The van der Waals surface area contributed by atoms with E-state index in [9.17, 15) is 9.59 Å². The Hall–Kier alpha value is -0.910. The molecular formula is C12H11Cl2NO3S. The van der Waals surface area contributed by atoms with E-state index >= 15 is 0 Å². The highest BCUT2D eigenvalue weighted by molar-refractivity contribution is 8.00. The van der Waals surface area contributed by atoms with Gasteiger partial charge in [0.25, 0.3) is 0 Å². The Balaban J connectivity index is 2.32. The lowest BCUT2D eigenvalue weighted by Gasteiger charge is -2.24. The molecule has 0 spiro atoms. The van der Waals surface area contributed by atoms with Crippen LogP contribution in [0.2, 0.25) is 10.0 Å². The molecule has 0 aromatic heterocycles. The maximum Gasteiger partial charge on any atom is 0.325 e. The summed E-state index contributed by atoms with van der Waals surface area (Å²) in [5.74, 6) is -0.302. The van der Waals surface area contributed by atoms with E-state index in [0.717, 1.165) is 0 Å². The molecule has 7 heteroatoms. The number of methoxy groups -OCH3 is 1. The van der Waals surface area contributed by atoms with Crippen molar-refractivity contribution in [2.45, 2.75) is 5.37 Å². The summed E-state index contributed by atoms with van der Waals surface area (Å²) in [5, 5.41) is 0.608. The molecule has 0 N–H and O–H groups in total. The summed E-state index contributed by atoms with van der Waals surface area (Å²) in [4.78, 5) is 24.6. The molecule has 1 atom stereocenters. The van der Waals surface area contributed by atoms with Gasteiger partial charge in [0.2, 0.25) is 5.91 Å². The predicted molar refractivity (Wildman–Crippen MR) is 75.4 cm³/mol. The first-order chi connectivity index (χ1) is 9.04. The molecule has 0 saturated carbocycles. The molecule has 102 valence electrons. The zero-order chi connectivity index (χ0) is 14.0. The number of benzene rings is 1. The summed E-state index contributed by atoms with van der Waals surface area (Å²) < 4.78 is 4.60. The zero-order valence-electron chi connectivity index (χ0n) is 10.1. The second kappa shape index (κ2) is 6.03. The fourth-order valence-electron chi connectivity index (χ4n) is 1.81. The summed E-state index contributed by atoms with van der Waals surface area (Å²) in [5.41, 5.74) is 0.658. The van der Waals surface area contributed by atoms with Crippen LogP contribution in [-0.2, 0) is 14.3 Å². The molecule has 1 fully saturated rings. The maximum absolute atomic E-state index is 11.8. The van der Waals surface area contributed by atoms with Gasteiger partial charge in [-0.05, 0) is 12.1 Å². The van der Waals surface area contributed by atoms with Crippen LogP contribution in [0.3, 0.4) is 0 Å². The second-order valence-electron chi connectivity index (χ2n) is 3.90. The fourth-order valence-corrected chi connectivity index (χ4v) is 3.81. The molecule has 0 radical (unpaired) electrons. The quantitative estimate of drug-likeness (QED) is 0.804. The number of rotatable bonds is 3. The van der Waals surface area contributed by atoms with E-state index in [1.54, 1.807) is 18.2 Å². The minimum Gasteiger partial charge on any atom is -0.468 e. The van der Waals surface area contributed by atoms with Crippen molar-refractivity contribution >= 4 is 46.8 Å². The molecule has 1 aliphatic heterocycles. The van der Waals surface area contributed by atoms with Crippen LogP contribution >= 0.6 is 35.0 Å². The van der Waals surface area contributed by atoms with E-state index in [1.807, 2.05) is 0 Å². The SMILES string of the molecule is COC(=O)CN1C(=O)CSC1c1c(Cl)cccc1Cl. The Morgan fingerprint density at radius 3 is 2.68 bits per heavy atom. The van der Waals surface area contributed by atoms with Gasteiger partial charge in [-0.1, -0.05) is 29.3 Å². The number of amides is 1. The van der Waals surface area contributed by atoms with Crippen LogP contribution in [0.1, 0.15) is 10.9 Å². The number of carbonyl (C=O) groups excluding carboxylic acids is 2. The van der Waals surface area contributed by atoms with Crippen molar-refractivity contribution in [3.8, 4) is 0 Å². The van der Waals surface area contributed by atoms with Crippen LogP contribution in [0.15, 0.2) is 18.2 Å². The summed E-state index contributed by atoms with van der Waals surface area (Å²) in [7, 11) is 1.29. The number of esters is 1. The first-order valence-corrected chi connectivity index (χ1v) is 7.27. The van der Waals surface area contributed by atoms with E-state index in [1.165, 1.54) is 23.8 Å². The summed E-state index contributed by atoms with van der Waals surface area (Å²) in [6, 6.07) is 5.16. The van der Waals surface area contributed by atoms with Crippen LogP contribution in [0.4, 0.5) is 0 Å². The zero-order valence-corrected chi connectivity index (χ0v) is 12.4. The molecule has 1 unspecified atom stereocenters. The average Bonchev–Trinajstić information content (AvgIpc) is 2.71. The topological polar surface area (TPSA) is 46.6 Å². The van der Waals surface area contributed by atoms with Gasteiger partial charge >= 0.3 is 5.97 Å². The third kappa shape index (κ3) is 2.99. The van der Waals surface area contributed by atoms with Crippen LogP contribution in [0.5, 0.6) is 0 Å². The van der Waals surface area contributed by atoms with E-state index in [-0.39, 0.29) is 17.8 Å². The minimum absolute atomic E-state index is 0.103. The smallest absolute Gasteiger partial charge is 0.325 e. The molecule has 0 aliphatic carbocycles. The van der Waals surface area contributed by atoms with Crippen LogP contribution in [0.25, 0.3) is 0 Å². The number of nitrogens with zero attached hydrogens (tertiary/aromatic N) is 1. The summed E-state index contributed by atoms with van der Waals surface area (Å²) in [6.45, 7) is -0.103. The van der Waals surface area contributed by atoms with Gasteiger partial charge in [-0.15, -0.1) is 11.8 Å². The number of ether oxygens (including phenoxy) is 1. The largest absolute Gasteiger partial charge is 0.468 e. The third-order valence-corrected chi connectivity index (χ3v) is 4.62. The monoisotopic (exact) mass is 319 g/mol. The highest BCUT2D eigenvalue weighted by Gasteiger charge is 2.36. The van der Waals surface area contributed by atoms with Crippen molar-refractivity contribution in [1.82, 2.24) is 4.90 Å². The second-order valence-corrected chi connectivity index (χ2v) is 5.78. The highest BCUT2D eigenvalue weighted by atomic mass is 35.5. The van der Waals surface area contributed by atoms with Gasteiger partial charge in [-0.3, -0.25) is 9.59 Å². The molecular weight excluding hydrogens is 309 g/mol. The van der Waals surface area contributed by atoms with Crippen molar-refractivity contribution in [2.75, 3.05) is 19.4 Å². The van der Waals surface area contributed by atoms with Crippen molar-refractivity contribution < 1.29 is 14.3 Å². The Morgan fingerprint density at radius 2 is 2.11 bits per heavy atom. The molecule has 1 aliphatic rings. The molecule has 1 saturated heterocycles. The Labute approximate surface area is 125 Å². The first-order valence-electron chi connectivity index (χ1n) is 5.46. The van der Waals surface area contributed by atoms with Gasteiger partial charge in [0.15, 0.2) is 0 Å². The highest BCUT2D eigenvalue weighted by Crippen LogP contribution is 2.44. The van der Waals surface area contributed by atoms with Crippen LogP contribution in [-0.4, -0.2) is 36.2 Å². The number of halogens is 2. The Bertz CT molecular complexity index is 503. The van der Waals surface area contributed by atoms with Crippen LogP contribution < -0.4 is 0 Å². The van der Waals surface area contributed by atoms with E-state index < -0.39 is 5.97 Å². The predicted octanol–water partition coefficient (Wildman–Crippen LogP) is 2.74. The van der Waals surface area contributed by atoms with E-state index in [0.29, 0.717) is 21.4 Å². The Kier molecular flexibility index (Phi) is 4.60. The van der Waals surface area contributed by atoms with Crippen molar-refractivity contribution in [3.63, 3.8) is 0 Å². The molecule has 1 heterocycles. The lowest BCUT2D eigenvalue weighted by molar-refractivity contribution is -0.146. The molecule has 1 aromatic rings. The Morgan fingerprint density at radius 1 is 1.47 bits per heavy atom. The van der Waals surface area contributed by atoms with Gasteiger partial charge < -0.3 is 9.64 Å². The number of carbonyl (C=O) groups is 2. The number of thioether (sulfide) groups is 1. The fraction of sp³-hybridized carbons (Fsp3) is 0.333. The van der Waals surface area contributed by atoms with Gasteiger partial charge in [-0.25, -0.2) is 0 Å². The molecule has 19 heavy (non-hydrogen) atoms. The van der Waals surface area contributed by atoms with Crippen LogP contribution in [0, 0.1) is 0 Å². The molecule has 1 amide bonds. The first kappa shape index (κ1) is 14.5. The van der Waals surface area contributed by atoms with Gasteiger partial charge in [-0.2, -0.15) is 0 Å². The van der Waals surface area contributed by atoms with Gasteiger partial charge in [0.1, 0.15) is 11.9 Å². The third-order valence-electron chi connectivity index (χ3n) is 2.74. The molecule has 0 bridgehead atoms. The maximum atomic E-state index is 11.8. The van der Waals surface area contributed by atoms with Crippen molar-refractivity contribution in [2.24, 2.45) is 0 Å².